The molecule has 0 aromatic rings. The summed E-state index contributed by atoms with van der Waals surface area (Å²) in [5.74, 6) is 1.74. The van der Waals surface area contributed by atoms with Gasteiger partial charge in [0.05, 0.1) is 0 Å². The molecular formula is C9H12. The molecule has 2 unspecified atom stereocenters. The zero-order valence-corrected chi connectivity index (χ0v) is 5.80. The van der Waals surface area contributed by atoms with Crippen LogP contribution in [-0.2, 0) is 0 Å². The van der Waals surface area contributed by atoms with E-state index in [-0.39, 0.29) is 0 Å². The van der Waals surface area contributed by atoms with Crippen molar-refractivity contribution in [3.05, 3.63) is 23.8 Å². The van der Waals surface area contributed by atoms with Gasteiger partial charge in [0.2, 0.25) is 0 Å². The Morgan fingerprint density at radius 2 is 2.44 bits per heavy atom. The molecule has 0 N–H and O–H groups in total. The number of hydrogen-bond donors (Lipinski definition) is 0. The topological polar surface area (TPSA) is 0 Å². The summed E-state index contributed by atoms with van der Waals surface area (Å²) in [7, 11) is 0. The van der Waals surface area contributed by atoms with Gasteiger partial charge in [0.1, 0.15) is 0 Å². The summed E-state index contributed by atoms with van der Waals surface area (Å²) in [4.78, 5) is 0. The smallest absolute Gasteiger partial charge is 0.000874 e. The van der Waals surface area contributed by atoms with Crippen LogP contribution in [0.5, 0.6) is 0 Å². The maximum Gasteiger partial charge on any atom is 0.000874 e. The predicted octanol–water partition coefficient (Wildman–Crippen LogP) is 2.53. The molecule has 0 nitrogen and oxygen atoms in total. The SMILES string of the molecule is CC1CCC2=CC=CC21. The fourth-order valence-electron chi connectivity index (χ4n) is 1.91. The molecule has 2 rings (SSSR count). The molecule has 1 fully saturated rings. The van der Waals surface area contributed by atoms with Gasteiger partial charge in [0.15, 0.2) is 0 Å². The Balaban J connectivity index is 2.27. The third-order valence-corrected chi connectivity index (χ3v) is 2.56. The molecule has 0 heterocycles. The molecule has 0 aromatic carbocycles. The minimum atomic E-state index is 0.824. The average molecular weight is 120 g/mol. The standard InChI is InChI=1S/C9H12/c1-7-5-6-8-3-2-4-9(7)8/h2-4,7,9H,5-6H2,1H3. The lowest BCUT2D eigenvalue weighted by molar-refractivity contribution is 0.536. The largest absolute Gasteiger partial charge is 0.0771 e. The molecule has 0 amide bonds. The van der Waals surface area contributed by atoms with E-state index in [2.05, 4.69) is 25.2 Å². The second kappa shape index (κ2) is 1.73. The van der Waals surface area contributed by atoms with E-state index in [1.165, 1.54) is 12.8 Å². The Kier molecular flexibility index (Phi) is 1.01. The molecule has 0 bridgehead atoms. The molecule has 48 valence electrons. The molecule has 2 aliphatic rings. The van der Waals surface area contributed by atoms with E-state index in [0.717, 1.165) is 11.8 Å². The first-order valence-corrected chi connectivity index (χ1v) is 3.75. The maximum atomic E-state index is 2.35. The Morgan fingerprint density at radius 3 is 3.22 bits per heavy atom. The Bertz CT molecular complexity index is 174. The van der Waals surface area contributed by atoms with Crippen LogP contribution < -0.4 is 0 Å². The van der Waals surface area contributed by atoms with Crippen molar-refractivity contribution >= 4 is 0 Å². The number of fused-ring (bicyclic) bond motifs is 1. The van der Waals surface area contributed by atoms with Crippen molar-refractivity contribution in [3.63, 3.8) is 0 Å². The van der Waals surface area contributed by atoms with Crippen LogP contribution in [0.1, 0.15) is 19.8 Å². The third kappa shape index (κ3) is 0.658. The second-order valence-electron chi connectivity index (χ2n) is 3.17. The molecule has 0 saturated heterocycles. The summed E-state index contributed by atoms with van der Waals surface area (Å²) in [5, 5.41) is 0. The van der Waals surface area contributed by atoms with Crippen LogP contribution >= 0.6 is 0 Å². The lowest BCUT2D eigenvalue weighted by Crippen LogP contribution is -1.98. The molecule has 0 spiro atoms. The average Bonchev–Trinajstić information content (AvgIpc) is 2.35. The van der Waals surface area contributed by atoms with Crippen molar-refractivity contribution in [2.75, 3.05) is 0 Å². The van der Waals surface area contributed by atoms with E-state index in [9.17, 15) is 0 Å². The first kappa shape index (κ1) is 5.28. The lowest BCUT2D eigenvalue weighted by Gasteiger charge is -2.06. The molecular weight excluding hydrogens is 108 g/mol. The van der Waals surface area contributed by atoms with Gasteiger partial charge in [0.25, 0.3) is 0 Å². The molecule has 0 heteroatoms. The van der Waals surface area contributed by atoms with Crippen LogP contribution in [0.4, 0.5) is 0 Å². The highest BCUT2D eigenvalue weighted by atomic mass is 14.3. The first-order valence-electron chi connectivity index (χ1n) is 3.75. The van der Waals surface area contributed by atoms with Gasteiger partial charge in [-0.2, -0.15) is 0 Å². The number of allylic oxidation sites excluding steroid dienone is 4. The van der Waals surface area contributed by atoms with Gasteiger partial charge >= 0.3 is 0 Å². The van der Waals surface area contributed by atoms with Gasteiger partial charge in [-0.3, -0.25) is 0 Å². The van der Waals surface area contributed by atoms with Crippen molar-refractivity contribution in [1.82, 2.24) is 0 Å². The van der Waals surface area contributed by atoms with Gasteiger partial charge < -0.3 is 0 Å². The van der Waals surface area contributed by atoms with E-state index in [1.807, 2.05) is 0 Å². The van der Waals surface area contributed by atoms with E-state index in [0.29, 0.717) is 0 Å². The van der Waals surface area contributed by atoms with Gasteiger partial charge in [-0.05, 0) is 18.8 Å². The number of hydrogen-bond acceptors (Lipinski definition) is 0. The minimum Gasteiger partial charge on any atom is -0.0771 e. The maximum absolute atomic E-state index is 2.35. The summed E-state index contributed by atoms with van der Waals surface area (Å²) in [6.07, 6.45) is 9.58. The number of rotatable bonds is 0. The highest BCUT2D eigenvalue weighted by molar-refractivity contribution is 5.30. The van der Waals surface area contributed by atoms with E-state index >= 15 is 0 Å². The third-order valence-electron chi connectivity index (χ3n) is 2.56. The summed E-state index contributed by atoms with van der Waals surface area (Å²) in [6.45, 7) is 2.35. The van der Waals surface area contributed by atoms with E-state index in [4.69, 9.17) is 0 Å². The van der Waals surface area contributed by atoms with Gasteiger partial charge in [-0.1, -0.05) is 30.7 Å². The van der Waals surface area contributed by atoms with Gasteiger partial charge in [-0.25, -0.2) is 0 Å². The second-order valence-corrected chi connectivity index (χ2v) is 3.17. The molecule has 0 radical (unpaired) electrons. The zero-order valence-electron chi connectivity index (χ0n) is 5.80. The Morgan fingerprint density at radius 1 is 1.56 bits per heavy atom. The molecule has 2 atom stereocenters. The summed E-state index contributed by atoms with van der Waals surface area (Å²) in [6, 6.07) is 0. The van der Waals surface area contributed by atoms with Gasteiger partial charge in [0, 0.05) is 5.92 Å². The molecule has 0 aliphatic heterocycles. The van der Waals surface area contributed by atoms with Crippen molar-refractivity contribution < 1.29 is 0 Å². The monoisotopic (exact) mass is 120 g/mol. The first-order chi connectivity index (χ1) is 4.38. The fourth-order valence-corrected chi connectivity index (χ4v) is 1.91. The molecule has 2 aliphatic carbocycles. The van der Waals surface area contributed by atoms with Crippen molar-refractivity contribution in [2.24, 2.45) is 11.8 Å². The van der Waals surface area contributed by atoms with Crippen LogP contribution in [0.15, 0.2) is 23.8 Å². The van der Waals surface area contributed by atoms with Crippen LogP contribution in [0.2, 0.25) is 0 Å². The van der Waals surface area contributed by atoms with Crippen molar-refractivity contribution in [2.45, 2.75) is 19.8 Å². The van der Waals surface area contributed by atoms with E-state index in [1.54, 1.807) is 5.57 Å². The molecule has 1 saturated carbocycles. The predicted molar refractivity (Wildman–Crippen MR) is 39.1 cm³/mol. The summed E-state index contributed by atoms with van der Waals surface area (Å²) < 4.78 is 0. The quantitative estimate of drug-likeness (QED) is 0.461. The lowest BCUT2D eigenvalue weighted by atomic mass is 9.98. The van der Waals surface area contributed by atoms with E-state index < -0.39 is 0 Å². The fraction of sp³-hybridized carbons (Fsp3) is 0.556. The van der Waals surface area contributed by atoms with Crippen LogP contribution in [0.25, 0.3) is 0 Å². The highest BCUT2D eigenvalue weighted by Gasteiger charge is 2.27. The van der Waals surface area contributed by atoms with Crippen LogP contribution in [0, 0.1) is 11.8 Å². The van der Waals surface area contributed by atoms with Crippen molar-refractivity contribution in [1.29, 1.82) is 0 Å². The van der Waals surface area contributed by atoms with Crippen LogP contribution in [0.3, 0.4) is 0 Å². The minimum absolute atomic E-state index is 0.824. The molecule has 0 aromatic heterocycles. The Labute approximate surface area is 56.3 Å². The van der Waals surface area contributed by atoms with Gasteiger partial charge in [-0.15, -0.1) is 0 Å². The normalized spacial score (nSPS) is 39.0. The molecule has 9 heavy (non-hydrogen) atoms. The van der Waals surface area contributed by atoms with Crippen LogP contribution in [-0.4, -0.2) is 0 Å². The highest BCUT2D eigenvalue weighted by Crippen LogP contribution is 2.39. The summed E-state index contributed by atoms with van der Waals surface area (Å²) in [5.41, 5.74) is 1.67. The Hall–Kier alpha value is -0.520. The van der Waals surface area contributed by atoms with Crippen molar-refractivity contribution in [3.8, 4) is 0 Å². The zero-order chi connectivity index (χ0) is 6.27. The summed E-state index contributed by atoms with van der Waals surface area (Å²) >= 11 is 0.